The number of ether oxygens (including phenoxy) is 3. The molecule has 0 saturated carbocycles. The van der Waals surface area contributed by atoms with Gasteiger partial charge in [0.05, 0.1) is 32.6 Å². The van der Waals surface area contributed by atoms with Crippen LogP contribution in [0, 0.1) is 0 Å². The number of carbonyl (C=O) groups is 1. The lowest BCUT2D eigenvalue weighted by molar-refractivity contribution is 0.104. The number of benzene rings is 2. The number of fused-ring (bicyclic) bond motifs is 1. The van der Waals surface area contributed by atoms with Gasteiger partial charge in [-0.3, -0.25) is 9.78 Å². The molecule has 0 spiro atoms. The van der Waals surface area contributed by atoms with Gasteiger partial charge in [0.2, 0.25) is 5.75 Å². The minimum atomic E-state index is -0.145. The third-order valence-electron chi connectivity index (χ3n) is 4.83. The molecular weight excluding hydrogens is 368 g/mol. The first-order valence-corrected chi connectivity index (χ1v) is 9.03. The highest BCUT2D eigenvalue weighted by molar-refractivity contribution is 6.20. The lowest BCUT2D eigenvalue weighted by atomic mass is 9.97. The number of hydrogen-bond donors (Lipinski definition) is 1. The second-order valence-electron chi connectivity index (χ2n) is 6.40. The van der Waals surface area contributed by atoms with E-state index in [4.69, 9.17) is 14.2 Å². The average molecular weight is 388 g/mol. The summed E-state index contributed by atoms with van der Waals surface area (Å²) in [6.45, 7) is 0. The molecule has 0 aliphatic carbocycles. The first-order chi connectivity index (χ1) is 14.2. The molecule has 1 N–H and O–H groups in total. The quantitative estimate of drug-likeness (QED) is 0.493. The van der Waals surface area contributed by atoms with E-state index in [0.717, 1.165) is 22.2 Å². The van der Waals surface area contributed by atoms with Crippen LogP contribution in [0.5, 0.6) is 17.2 Å². The zero-order valence-corrected chi connectivity index (χ0v) is 16.4. The number of rotatable bonds is 6. The maximum absolute atomic E-state index is 13.7. The van der Waals surface area contributed by atoms with Gasteiger partial charge in [-0.1, -0.05) is 18.2 Å². The minimum absolute atomic E-state index is 0.145. The van der Waals surface area contributed by atoms with Crippen LogP contribution < -0.4 is 14.2 Å². The van der Waals surface area contributed by atoms with E-state index in [1.54, 1.807) is 24.5 Å². The normalized spacial score (nSPS) is 10.7. The summed E-state index contributed by atoms with van der Waals surface area (Å²) in [5.74, 6) is 1.16. The predicted octanol–water partition coefficient (Wildman–Crippen LogP) is 4.49. The van der Waals surface area contributed by atoms with Crippen LogP contribution in [-0.2, 0) is 0 Å². The van der Waals surface area contributed by atoms with E-state index in [-0.39, 0.29) is 5.78 Å². The number of nitrogens with one attached hydrogen (secondary N) is 1. The Morgan fingerprint density at radius 2 is 1.55 bits per heavy atom. The number of aromatic amines is 1. The molecule has 2 heterocycles. The lowest BCUT2D eigenvalue weighted by Gasteiger charge is -2.14. The molecule has 0 radical (unpaired) electrons. The molecule has 0 aliphatic rings. The zero-order chi connectivity index (χ0) is 20.4. The van der Waals surface area contributed by atoms with Crippen molar-refractivity contribution >= 4 is 16.7 Å². The summed E-state index contributed by atoms with van der Waals surface area (Å²) in [6.07, 6.45) is 3.41. The molecule has 4 rings (SSSR count). The van der Waals surface area contributed by atoms with Crippen LogP contribution in [0.3, 0.4) is 0 Å². The number of methoxy groups -OCH3 is 3. The Balaban J connectivity index is 1.95. The molecule has 146 valence electrons. The number of nitrogens with zero attached hydrogens (tertiary/aromatic N) is 1. The van der Waals surface area contributed by atoms with Gasteiger partial charge >= 0.3 is 0 Å². The molecule has 29 heavy (non-hydrogen) atoms. The first-order valence-electron chi connectivity index (χ1n) is 9.03. The summed E-state index contributed by atoms with van der Waals surface area (Å²) in [7, 11) is 4.59. The molecular formula is C23H20N2O4. The maximum Gasteiger partial charge on any atom is 0.203 e. The summed E-state index contributed by atoms with van der Waals surface area (Å²) in [4.78, 5) is 21.1. The van der Waals surface area contributed by atoms with Crippen LogP contribution in [0.4, 0.5) is 0 Å². The monoisotopic (exact) mass is 388 g/mol. The summed E-state index contributed by atoms with van der Waals surface area (Å²) >= 11 is 0. The average Bonchev–Trinajstić information content (AvgIpc) is 3.17. The van der Waals surface area contributed by atoms with Crippen molar-refractivity contribution in [1.82, 2.24) is 9.97 Å². The van der Waals surface area contributed by atoms with Crippen molar-refractivity contribution in [2.75, 3.05) is 21.3 Å². The Labute approximate surface area is 168 Å². The van der Waals surface area contributed by atoms with Gasteiger partial charge in [-0.2, -0.15) is 0 Å². The molecule has 0 unspecified atom stereocenters. The SMILES string of the molecule is COc1cc(C(=O)c2c(-c3ccncc3)[nH]c3ccccc23)cc(OC)c1OC. The Morgan fingerprint density at radius 1 is 0.897 bits per heavy atom. The minimum Gasteiger partial charge on any atom is -0.493 e. The largest absolute Gasteiger partial charge is 0.493 e. The van der Waals surface area contributed by atoms with Crippen LogP contribution in [0.15, 0.2) is 60.9 Å². The summed E-state index contributed by atoms with van der Waals surface area (Å²) < 4.78 is 16.2. The topological polar surface area (TPSA) is 73.4 Å². The maximum atomic E-state index is 13.7. The summed E-state index contributed by atoms with van der Waals surface area (Å²) in [5.41, 5.74) is 3.54. The van der Waals surface area contributed by atoms with Gasteiger partial charge in [0.25, 0.3) is 0 Å². The highest BCUT2D eigenvalue weighted by Gasteiger charge is 2.24. The van der Waals surface area contributed by atoms with E-state index in [2.05, 4.69) is 9.97 Å². The van der Waals surface area contributed by atoms with Crippen molar-refractivity contribution in [3.8, 4) is 28.5 Å². The van der Waals surface area contributed by atoms with Crippen molar-refractivity contribution in [2.24, 2.45) is 0 Å². The fourth-order valence-electron chi connectivity index (χ4n) is 3.47. The third kappa shape index (κ3) is 3.18. The third-order valence-corrected chi connectivity index (χ3v) is 4.83. The van der Waals surface area contributed by atoms with Gasteiger partial charge in [0.1, 0.15) is 0 Å². The first kappa shape index (κ1) is 18.6. The second kappa shape index (κ2) is 7.67. The van der Waals surface area contributed by atoms with Gasteiger partial charge in [0.15, 0.2) is 17.3 Å². The van der Waals surface area contributed by atoms with Crippen LogP contribution >= 0.6 is 0 Å². The molecule has 2 aromatic carbocycles. The molecule has 2 aromatic heterocycles. The molecule has 6 heteroatoms. The van der Waals surface area contributed by atoms with Crippen LogP contribution in [0.25, 0.3) is 22.2 Å². The number of para-hydroxylation sites is 1. The number of pyridine rings is 1. The Morgan fingerprint density at radius 3 is 2.17 bits per heavy atom. The molecule has 0 atom stereocenters. The fraction of sp³-hybridized carbons (Fsp3) is 0.130. The van der Waals surface area contributed by atoms with Gasteiger partial charge < -0.3 is 19.2 Å². The van der Waals surface area contributed by atoms with Gasteiger partial charge in [0, 0.05) is 34.4 Å². The standard InChI is InChI=1S/C23H20N2O4/c1-27-18-12-15(13-19(28-2)23(18)29-3)22(26)20-16-6-4-5-7-17(16)25-21(20)14-8-10-24-11-9-14/h4-13,25H,1-3H3. The van der Waals surface area contributed by atoms with Crippen molar-refractivity contribution in [3.63, 3.8) is 0 Å². The number of ketones is 1. The molecule has 0 saturated heterocycles. The van der Waals surface area contributed by atoms with Crippen LogP contribution in [0.1, 0.15) is 15.9 Å². The number of hydrogen-bond acceptors (Lipinski definition) is 5. The molecule has 0 aliphatic heterocycles. The van der Waals surface area contributed by atoms with Crippen molar-refractivity contribution in [2.45, 2.75) is 0 Å². The lowest BCUT2D eigenvalue weighted by Crippen LogP contribution is -2.05. The van der Waals surface area contributed by atoms with E-state index < -0.39 is 0 Å². The molecule has 0 fully saturated rings. The summed E-state index contributed by atoms with van der Waals surface area (Å²) in [6, 6.07) is 14.8. The van der Waals surface area contributed by atoms with Crippen LogP contribution in [0.2, 0.25) is 0 Å². The number of H-pyrrole nitrogens is 1. The number of carbonyl (C=O) groups excluding carboxylic acids is 1. The fourth-order valence-corrected chi connectivity index (χ4v) is 3.47. The van der Waals surface area contributed by atoms with E-state index in [0.29, 0.717) is 28.4 Å². The number of aromatic nitrogens is 2. The Kier molecular flexibility index (Phi) is 4.91. The zero-order valence-electron chi connectivity index (χ0n) is 16.4. The van der Waals surface area contributed by atoms with Gasteiger partial charge in [-0.05, 0) is 30.3 Å². The van der Waals surface area contributed by atoms with Gasteiger partial charge in [-0.15, -0.1) is 0 Å². The predicted molar refractivity (Wildman–Crippen MR) is 111 cm³/mol. The Bertz CT molecular complexity index is 1160. The molecule has 4 aromatic rings. The highest BCUT2D eigenvalue weighted by Crippen LogP contribution is 2.40. The smallest absolute Gasteiger partial charge is 0.203 e. The van der Waals surface area contributed by atoms with Crippen molar-refractivity contribution < 1.29 is 19.0 Å². The second-order valence-corrected chi connectivity index (χ2v) is 6.40. The van der Waals surface area contributed by atoms with E-state index in [1.807, 2.05) is 36.4 Å². The molecule has 0 bridgehead atoms. The van der Waals surface area contributed by atoms with E-state index in [1.165, 1.54) is 21.3 Å². The van der Waals surface area contributed by atoms with Crippen molar-refractivity contribution in [1.29, 1.82) is 0 Å². The van der Waals surface area contributed by atoms with Crippen LogP contribution in [-0.4, -0.2) is 37.1 Å². The molecule has 6 nitrogen and oxygen atoms in total. The van der Waals surface area contributed by atoms with E-state index in [9.17, 15) is 4.79 Å². The summed E-state index contributed by atoms with van der Waals surface area (Å²) in [5, 5.41) is 0.845. The Hall–Kier alpha value is -3.80. The van der Waals surface area contributed by atoms with E-state index >= 15 is 0 Å². The highest BCUT2D eigenvalue weighted by atomic mass is 16.5. The molecule has 0 amide bonds. The van der Waals surface area contributed by atoms with Gasteiger partial charge in [-0.25, -0.2) is 0 Å². The van der Waals surface area contributed by atoms with Crippen molar-refractivity contribution in [3.05, 3.63) is 72.1 Å².